The van der Waals surface area contributed by atoms with Gasteiger partial charge in [-0.15, -0.1) is 12.6 Å². The predicted octanol–water partition coefficient (Wildman–Crippen LogP) is 2.14. The van der Waals surface area contributed by atoms with Crippen LogP contribution in [0.5, 0.6) is 0 Å². The molecule has 5 nitrogen and oxygen atoms in total. The number of hydrogen-bond donors (Lipinski definition) is 1. The van der Waals surface area contributed by atoms with Crippen LogP contribution in [0.3, 0.4) is 0 Å². The lowest BCUT2D eigenvalue weighted by Gasteiger charge is -2.40. The Morgan fingerprint density at radius 1 is 1.24 bits per heavy atom. The van der Waals surface area contributed by atoms with Crippen molar-refractivity contribution in [2.24, 2.45) is 0 Å². The summed E-state index contributed by atoms with van der Waals surface area (Å²) in [4.78, 5) is 27.8. The molecular weight excluding hydrogens is 288 g/mol. The van der Waals surface area contributed by atoms with E-state index in [-0.39, 0.29) is 17.4 Å². The van der Waals surface area contributed by atoms with Gasteiger partial charge in [-0.05, 0) is 38.1 Å². The Morgan fingerprint density at radius 3 is 2.33 bits per heavy atom. The Bertz CT molecular complexity index is 552. The van der Waals surface area contributed by atoms with E-state index in [0.29, 0.717) is 18.8 Å². The van der Waals surface area contributed by atoms with E-state index >= 15 is 0 Å². The molecule has 0 N–H and O–H groups in total. The molecule has 1 aliphatic rings. The second-order valence-corrected chi connectivity index (χ2v) is 4.95. The van der Waals surface area contributed by atoms with Gasteiger partial charge in [0.1, 0.15) is 11.3 Å². The summed E-state index contributed by atoms with van der Waals surface area (Å²) >= 11 is 4.36. The lowest BCUT2D eigenvalue weighted by Crippen LogP contribution is -2.57. The minimum absolute atomic E-state index is 0.145. The molecule has 1 aliphatic heterocycles. The molecule has 21 heavy (non-hydrogen) atoms. The predicted molar refractivity (Wildman–Crippen MR) is 83.4 cm³/mol. The van der Waals surface area contributed by atoms with Crippen molar-refractivity contribution in [3.63, 3.8) is 0 Å². The van der Waals surface area contributed by atoms with Crippen LogP contribution in [0.1, 0.15) is 19.6 Å². The van der Waals surface area contributed by atoms with Crippen LogP contribution in [-0.4, -0.2) is 40.2 Å². The maximum atomic E-state index is 12.3. The van der Waals surface area contributed by atoms with Gasteiger partial charge >= 0.3 is 0 Å². The van der Waals surface area contributed by atoms with Gasteiger partial charge in [0.05, 0.1) is 6.26 Å². The maximum Gasteiger partial charge on any atom is 0.261 e. The first kappa shape index (κ1) is 15.4. The lowest BCUT2D eigenvalue weighted by molar-refractivity contribution is -0.145. The van der Waals surface area contributed by atoms with Gasteiger partial charge in [-0.25, -0.2) is 0 Å². The Hall–Kier alpha value is -1.95. The van der Waals surface area contributed by atoms with Crippen molar-refractivity contribution >= 4 is 30.5 Å². The average Bonchev–Trinajstić information content (AvgIpc) is 2.97. The second kappa shape index (κ2) is 6.67. The highest BCUT2D eigenvalue weighted by molar-refractivity contribution is 7.80. The van der Waals surface area contributed by atoms with E-state index in [1.807, 2.05) is 13.8 Å². The van der Waals surface area contributed by atoms with E-state index < -0.39 is 5.50 Å². The van der Waals surface area contributed by atoms with Crippen LogP contribution in [-0.2, 0) is 9.59 Å². The molecule has 1 aromatic heterocycles. The highest BCUT2D eigenvalue weighted by atomic mass is 32.1. The summed E-state index contributed by atoms with van der Waals surface area (Å²) in [6.45, 7) is 4.72. The van der Waals surface area contributed by atoms with Gasteiger partial charge in [-0.2, -0.15) is 0 Å². The number of carbonyl (C=O) groups excluding carboxylic acids is 2. The molecule has 0 atom stereocenters. The average molecular weight is 306 g/mol. The highest BCUT2D eigenvalue weighted by Crippen LogP contribution is 2.23. The van der Waals surface area contributed by atoms with Gasteiger partial charge in [0.15, 0.2) is 5.50 Å². The van der Waals surface area contributed by atoms with E-state index in [0.717, 1.165) is 0 Å². The van der Waals surface area contributed by atoms with Gasteiger partial charge in [0.25, 0.3) is 11.8 Å². The summed E-state index contributed by atoms with van der Waals surface area (Å²) in [5.74, 6) is 0.0712. The number of amides is 2. The van der Waals surface area contributed by atoms with Crippen molar-refractivity contribution in [1.29, 1.82) is 0 Å². The van der Waals surface area contributed by atoms with Crippen molar-refractivity contribution in [3.05, 3.63) is 41.9 Å². The molecule has 2 rings (SSSR count). The third-order valence-corrected chi connectivity index (χ3v) is 3.85. The Morgan fingerprint density at radius 2 is 1.86 bits per heavy atom. The Kier molecular flexibility index (Phi) is 4.90. The normalized spacial score (nSPS) is 19.8. The van der Waals surface area contributed by atoms with Crippen LogP contribution in [0.15, 0.2) is 40.5 Å². The van der Waals surface area contributed by atoms with Crippen LogP contribution in [0, 0.1) is 0 Å². The zero-order valence-electron chi connectivity index (χ0n) is 12.0. The first-order chi connectivity index (χ1) is 10.1. The van der Waals surface area contributed by atoms with E-state index in [4.69, 9.17) is 4.42 Å². The van der Waals surface area contributed by atoms with Crippen LogP contribution < -0.4 is 0 Å². The molecule has 1 fully saturated rings. The summed E-state index contributed by atoms with van der Waals surface area (Å²) in [5, 5.41) is 0. The highest BCUT2D eigenvalue weighted by Gasteiger charge is 2.38. The van der Waals surface area contributed by atoms with Gasteiger partial charge in [-0.3, -0.25) is 9.59 Å². The van der Waals surface area contributed by atoms with Gasteiger partial charge in [-0.1, -0.05) is 6.08 Å². The number of likely N-dealkylation sites (N-methyl/N-ethyl adjacent to an activating group) is 2. The molecule has 1 saturated heterocycles. The largest absolute Gasteiger partial charge is 0.465 e. The number of rotatable bonds is 4. The minimum Gasteiger partial charge on any atom is -0.465 e. The fourth-order valence-corrected chi connectivity index (χ4v) is 2.70. The number of nitrogens with zero attached hydrogens (tertiary/aromatic N) is 2. The molecule has 112 valence electrons. The molecule has 0 saturated carbocycles. The quantitative estimate of drug-likeness (QED) is 0.527. The Balaban J connectivity index is 2.27. The van der Waals surface area contributed by atoms with Crippen LogP contribution in [0.2, 0.25) is 0 Å². The summed E-state index contributed by atoms with van der Waals surface area (Å²) in [7, 11) is 0. The summed E-state index contributed by atoms with van der Waals surface area (Å²) in [5.41, 5.74) is -0.363. The standard InChI is InChI=1S/C15H18N2O3S/c1-3-16-13(18)12(14(19)17(4-2)15(16)21)9-5-7-11-8-6-10-20-11/h5-10,15,21H,3-4H2,1-2H3. The van der Waals surface area contributed by atoms with E-state index in [1.54, 1.807) is 40.3 Å². The number of furan rings is 1. The topological polar surface area (TPSA) is 53.8 Å². The van der Waals surface area contributed by atoms with Crippen LogP contribution in [0.4, 0.5) is 0 Å². The molecule has 1 aromatic rings. The molecule has 0 spiro atoms. The Labute approximate surface area is 129 Å². The molecule has 0 aliphatic carbocycles. The summed E-state index contributed by atoms with van der Waals surface area (Å²) < 4.78 is 5.16. The van der Waals surface area contributed by atoms with Crippen molar-refractivity contribution in [1.82, 2.24) is 9.80 Å². The molecule has 2 heterocycles. The molecule has 0 aromatic carbocycles. The fraction of sp³-hybridized carbons (Fsp3) is 0.333. The molecule has 0 bridgehead atoms. The van der Waals surface area contributed by atoms with Gasteiger partial charge < -0.3 is 14.2 Å². The third-order valence-electron chi connectivity index (χ3n) is 3.29. The number of thiol groups is 1. The van der Waals surface area contributed by atoms with Crippen LogP contribution in [0.25, 0.3) is 6.08 Å². The van der Waals surface area contributed by atoms with Crippen LogP contribution >= 0.6 is 12.6 Å². The fourth-order valence-electron chi connectivity index (χ4n) is 2.16. The lowest BCUT2D eigenvalue weighted by atomic mass is 10.1. The van der Waals surface area contributed by atoms with E-state index in [9.17, 15) is 9.59 Å². The van der Waals surface area contributed by atoms with Crippen molar-refractivity contribution < 1.29 is 14.0 Å². The molecule has 0 radical (unpaired) electrons. The monoisotopic (exact) mass is 306 g/mol. The molecule has 6 heteroatoms. The number of hydrogen-bond acceptors (Lipinski definition) is 4. The van der Waals surface area contributed by atoms with Crippen molar-refractivity contribution in [3.8, 4) is 0 Å². The van der Waals surface area contributed by atoms with Gasteiger partial charge in [0, 0.05) is 13.1 Å². The molecular formula is C15H18N2O3S. The minimum atomic E-state index is -0.508. The number of carbonyl (C=O) groups is 2. The second-order valence-electron chi connectivity index (χ2n) is 4.48. The van der Waals surface area contributed by atoms with E-state index in [2.05, 4.69) is 12.6 Å². The third kappa shape index (κ3) is 3.05. The first-order valence-corrected chi connectivity index (χ1v) is 7.33. The SMILES string of the molecule is CCN1C(=O)C(=CC=Cc2ccco2)C(=O)N(CC)C1S. The molecule has 2 amide bonds. The smallest absolute Gasteiger partial charge is 0.261 e. The number of allylic oxidation sites excluding steroid dienone is 2. The first-order valence-electron chi connectivity index (χ1n) is 6.82. The van der Waals surface area contributed by atoms with Gasteiger partial charge in [0.2, 0.25) is 0 Å². The molecule has 0 unspecified atom stereocenters. The van der Waals surface area contributed by atoms with E-state index in [1.165, 1.54) is 6.08 Å². The zero-order chi connectivity index (χ0) is 15.4. The van der Waals surface area contributed by atoms with Crippen molar-refractivity contribution in [2.75, 3.05) is 13.1 Å². The maximum absolute atomic E-state index is 12.3. The summed E-state index contributed by atoms with van der Waals surface area (Å²) in [6.07, 6.45) is 6.43. The van der Waals surface area contributed by atoms with Crippen molar-refractivity contribution in [2.45, 2.75) is 19.3 Å². The summed E-state index contributed by atoms with van der Waals surface area (Å²) in [6, 6.07) is 3.56. The zero-order valence-corrected chi connectivity index (χ0v) is 12.9.